The minimum atomic E-state index is -0.373. The average molecular weight is 356 g/mol. The van der Waals surface area contributed by atoms with Gasteiger partial charge < -0.3 is 4.74 Å². The molecule has 2 rings (SSSR count). The first kappa shape index (κ1) is 16.3. The smallest absolute Gasteiger partial charge is 0.269 e. The van der Waals surface area contributed by atoms with E-state index in [9.17, 15) is 10.1 Å². The molecular weight excluding hydrogens is 334 g/mol. The van der Waals surface area contributed by atoms with E-state index in [0.29, 0.717) is 6.61 Å². The van der Waals surface area contributed by atoms with Crippen LogP contribution in [0.2, 0.25) is 0 Å². The number of benzene rings is 1. The number of alkyl halides is 1. The molecule has 0 N–H and O–H groups in total. The van der Waals surface area contributed by atoms with Crippen LogP contribution in [0.4, 0.5) is 5.69 Å². The monoisotopic (exact) mass is 355 g/mol. The summed E-state index contributed by atoms with van der Waals surface area (Å²) in [7, 11) is 0. The number of hydrogen-bond donors (Lipinski definition) is 0. The summed E-state index contributed by atoms with van der Waals surface area (Å²) in [5.74, 6) is 0.755. The zero-order chi connectivity index (χ0) is 15.3. The summed E-state index contributed by atoms with van der Waals surface area (Å²) in [6.45, 7) is 2.53. The molecule has 0 spiro atoms. The standard InChI is InChI=1S/C16H22BrNO3/c1-13-10-14(18(19)20)6-7-15(13)21-12-16(11-17)8-4-2-3-5-9-16/h6-7,10H,2-5,8-9,11-12H2,1H3. The van der Waals surface area contributed by atoms with Gasteiger partial charge in [0.25, 0.3) is 5.69 Å². The summed E-state index contributed by atoms with van der Waals surface area (Å²) in [4.78, 5) is 10.4. The fourth-order valence-corrected chi connectivity index (χ4v) is 3.66. The van der Waals surface area contributed by atoms with Gasteiger partial charge in [-0.3, -0.25) is 10.1 Å². The number of non-ortho nitro benzene ring substituents is 1. The van der Waals surface area contributed by atoms with E-state index >= 15 is 0 Å². The highest BCUT2D eigenvalue weighted by Crippen LogP contribution is 2.37. The lowest BCUT2D eigenvalue weighted by atomic mass is 9.83. The number of hydrogen-bond acceptors (Lipinski definition) is 3. The number of ether oxygens (including phenoxy) is 1. The quantitative estimate of drug-likeness (QED) is 0.322. The number of rotatable bonds is 5. The predicted octanol–water partition coefficient (Wildman–Crippen LogP) is 5.02. The van der Waals surface area contributed by atoms with Gasteiger partial charge in [0.05, 0.1) is 11.5 Å². The van der Waals surface area contributed by atoms with Crippen LogP contribution in [-0.4, -0.2) is 16.9 Å². The van der Waals surface area contributed by atoms with Crippen molar-refractivity contribution in [2.75, 3.05) is 11.9 Å². The van der Waals surface area contributed by atoms with Gasteiger partial charge in [0.2, 0.25) is 0 Å². The van der Waals surface area contributed by atoms with Gasteiger partial charge in [0.1, 0.15) is 5.75 Å². The molecule has 5 heteroatoms. The first-order chi connectivity index (χ1) is 10.1. The summed E-state index contributed by atoms with van der Waals surface area (Å²) >= 11 is 3.66. The second-order valence-corrected chi connectivity index (χ2v) is 6.60. The Kier molecular flexibility index (Phi) is 5.62. The molecule has 0 amide bonds. The molecule has 1 aromatic carbocycles. The Morgan fingerprint density at radius 1 is 1.29 bits per heavy atom. The highest BCUT2D eigenvalue weighted by atomic mass is 79.9. The van der Waals surface area contributed by atoms with Gasteiger partial charge >= 0.3 is 0 Å². The Labute approximate surface area is 134 Å². The lowest BCUT2D eigenvalue weighted by Gasteiger charge is -2.30. The molecule has 21 heavy (non-hydrogen) atoms. The van der Waals surface area contributed by atoms with Crippen LogP contribution in [0.1, 0.15) is 44.1 Å². The number of nitro benzene ring substituents is 1. The van der Waals surface area contributed by atoms with E-state index in [-0.39, 0.29) is 16.0 Å². The number of nitro groups is 1. The van der Waals surface area contributed by atoms with E-state index in [2.05, 4.69) is 15.9 Å². The lowest BCUT2D eigenvalue weighted by Crippen LogP contribution is -2.30. The molecule has 0 aromatic heterocycles. The molecule has 1 aromatic rings. The summed E-state index contributed by atoms with van der Waals surface area (Å²) < 4.78 is 6.01. The molecule has 1 saturated carbocycles. The minimum absolute atomic E-state index is 0.115. The van der Waals surface area contributed by atoms with Crippen molar-refractivity contribution in [3.63, 3.8) is 0 Å². The average Bonchev–Trinajstić information content (AvgIpc) is 2.72. The van der Waals surface area contributed by atoms with E-state index in [0.717, 1.165) is 16.6 Å². The summed E-state index contributed by atoms with van der Waals surface area (Å²) in [6, 6.07) is 4.80. The lowest BCUT2D eigenvalue weighted by molar-refractivity contribution is -0.384. The normalized spacial score (nSPS) is 18.0. The van der Waals surface area contributed by atoms with Crippen molar-refractivity contribution in [3.8, 4) is 5.75 Å². The third-order valence-corrected chi connectivity index (χ3v) is 5.54. The molecule has 0 radical (unpaired) electrons. The first-order valence-corrected chi connectivity index (χ1v) is 8.62. The second-order valence-electron chi connectivity index (χ2n) is 6.04. The van der Waals surface area contributed by atoms with Gasteiger partial charge in [-0.25, -0.2) is 0 Å². The van der Waals surface area contributed by atoms with Crippen LogP contribution in [-0.2, 0) is 0 Å². The highest BCUT2D eigenvalue weighted by Gasteiger charge is 2.31. The molecule has 1 aliphatic rings. The van der Waals surface area contributed by atoms with E-state index in [1.807, 2.05) is 6.92 Å². The van der Waals surface area contributed by atoms with Gasteiger partial charge in [-0.05, 0) is 31.4 Å². The van der Waals surface area contributed by atoms with Crippen molar-refractivity contribution in [3.05, 3.63) is 33.9 Å². The van der Waals surface area contributed by atoms with Crippen LogP contribution in [0, 0.1) is 22.5 Å². The van der Waals surface area contributed by atoms with E-state index in [1.165, 1.54) is 44.6 Å². The SMILES string of the molecule is Cc1cc([N+](=O)[O-])ccc1OCC1(CBr)CCCCCC1. The molecule has 0 bridgehead atoms. The summed E-state index contributed by atoms with van der Waals surface area (Å²) in [5.41, 5.74) is 1.14. The highest BCUT2D eigenvalue weighted by molar-refractivity contribution is 9.09. The molecule has 0 saturated heterocycles. The van der Waals surface area contributed by atoms with Crippen molar-refractivity contribution >= 4 is 21.6 Å². The van der Waals surface area contributed by atoms with Gasteiger partial charge in [0.15, 0.2) is 0 Å². The molecule has 0 unspecified atom stereocenters. The van der Waals surface area contributed by atoms with Crippen molar-refractivity contribution in [1.82, 2.24) is 0 Å². The molecule has 1 fully saturated rings. The Morgan fingerprint density at radius 3 is 2.48 bits per heavy atom. The first-order valence-electron chi connectivity index (χ1n) is 7.50. The summed E-state index contributed by atoms with van der Waals surface area (Å²) in [5, 5.41) is 11.7. The molecule has 1 aliphatic carbocycles. The van der Waals surface area contributed by atoms with Crippen LogP contribution in [0.15, 0.2) is 18.2 Å². The molecule has 0 heterocycles. The van der Waals surface area contributed by atoms with E-state index in [4.69, 9.17) is 4.74 Å². The topological polar surface area (TPSA) is 52.4 Å². The maximum Gasteiger partial charge on any atom is 0.269 e. The second kappa shape index (κ2) is 7.25. The summed E-state index contributed by atoms with van der Waals surface area (Å²) in [6.07, 6.45) is 7.51. The Morgan fingerprint density at radius 2 is 1.95 bits per heavy atom. The molecular formula is C16H22BrNO3. The van der Waals surface area contributed by atoms with Gasteiger partial charge in [-0.2, -0.15) is 0 Å². The van der Waals surface area contributed by atoms with Gasteiger partial charge in [-0.1, -0.05) is 41.6 Å². The largest absolute Gasteiger partial charge is 0.493 e. The third kappa shape index (κ3) is 4.19. The number of nitrogens with zero attached hydrogens (tertiary/aromatic N) is 1. The maximum absolute atomic E-state index is 10.8. The molecule has 4 nitrogen and oxygen atoms in total. The van der Waals surface area contributed by atoms with Crippen molar-refractivity contribution in [2.24, 2.45) is 5.41 Å². The van der Waals surface area contributed by atoms with E-state index in [1.54, 1.807) is 12.1 Å². The third-order valence-electron chi connectivity index (χ3n) is 4.35. The molecule has 116 valence electrons. The molecule has 0 aliphatic heterocycles. The zero-order valence-corrected chi connectivity index (χ0v) is 14.0. The number of aryl methyl sites for hydroxylation is 1. The maximum atomic E-state index is 10.8. The van der Waals surface area contributed by atoms with Crippen LogP contribution in [0.25, 0.3) is 0 Å². The van der Waals surface area contributed by atoms with Crippen LogP contribution in [0.5, 0.6) is 5.75 Å². The fourth-order valence-electron chi connectivity index (χ4n) is 2.94. The predicted molar refractivity (Wildman–Crippen MR) is 87.3 cm³/mol. The number of halogens is 1. The van der Waals surface area contributed by atoms with Crippen molar-refractivity contribution < 1.29 is 9.66 Å². The van der Waals surface area contributed by atoms with Gasteiger partial charge in [0, 0.05) is 22.9 Å². The Balaban J connectivity index is 2.05. The van der Waals surface area contributed by atoms with Crippen LogP contribution in [0.3, 0.4) is 0 Å². The van der Waals surface area contributed by atoms with Crippen LogP contribution >= 0.6 is 15.9 Å². The van der Waals surface area contributed by atoms with E-state index < -0.39 is 0 Å². The van der Waals surface area contributed by atoms with Crippen molar-refractivity contribution in [2.45, 2.75) is 45.4 Å². The van der Waals surface area contributed by atoms with Crippen LogP contribution < -0.4 is 4.74 Å². The Bertz CT molecular complexity index is 496. The minimum Gasteiger partial charge on any atom is -0.493 e. The fraction of sp³-hybridized carbons (Fsp3) is 0.625. The van der Waals surface area contributed by atoms with Gasteiger partial charge in [-0.15, -0.1) is 0 Å². The van der Waals surface area contributed by atoms with Crippen molar-refractivity contribution in [1.29, 1.82) is 0 Å². The Hall–Kier alpha value is -1.10. The molecule has 0 atom stereocenters. The zero-order valence-electron chi connectivity index (χ0n) is 12.4.